The van der Waals surface area contributed by atoms with Crippen LogP contribution in [-0.4, -0.2) is 17.9 Å². The second kappa shape index (κ2) is 6.70. The maximum Gasteiger partial charge on any atom is 0.240 e. The van der Waals surface area contributed by atoms with Crippen molar-refractivity contribution >= 4 is 40.7 Å². The van der Waals surface area contributed by atoms with Crippen molar-refractivity contribution in [2.24, 2.45) is 5.41 Å². The van der Waals surface area contributed by atoms with E-state index in [1.807, 2.05) is 0 Å². The highest BCUT2D eigenvalue weighted by molar-refractivity contribution is 6.36. The second-order valence-electron chi connectivity index (χ2n) is 6.47. The first-order chi connectivity index (χ1) is 11.0. The van der Waals surface area contributed by atoms with Gasteiger partial charge in [-0.3, -0.25) is 9.59 Å². The summed E-state index contributed by atoms with van der Waals surface area (Å²) < 4.78 is 0. The molecule has 2 saturated carbocycles. The normalized spacial score (nSPS) is 19.9. The number of hydrogen-bond acceptors (Lipinski definition) is 2. The van der Waals surface area contributed by atoms with Crippen molar-refractivity contribution in [3.8, 4) is 0 Å². The monoisotopic (exact) mass is 354 g/mol. The number of nitrogens with one attached hydrogen (secondary N) is 2. The summed E-state index contributed by atoms with van der Waals surface area (Å²) in [6.07, 6.45) is 6.70. The lowest BCUT2D eigenvalue weighted by molar-refractivity contribution is -0.135. The number of benzene rings is 1. The number of amides is 2. The van der Waals surface area contributed by atoms with Crippen molar-refractivity contribution in [3.05, 3.63) is 28.2 Å². The molecule has 4 nitrogen and oxygen atoms in total. The number of hydrogen-bond donors (Lipinski definition) is 2. The van der Waals surface area contributed by atoms with Gasteiger partial charge in [-0.05, 0) is 43.9 Å². The average Bonchev–Trinajstić information content (AvgIpc) is 3.33. The van der Waals surface area contributed by atoms with Gasteiger partial charge in [0, 0.05) is 11.1 Å². The minimum absolute atomic E-state index is 0.146. The van der Waals surface area contributed by atoms with Crippen molar-refractivity contribution in [1.82, 2.24) is 5.32 Å². The zero-order chi connectivity index (χ0) is 16.4. The summed E-state index contributed by atoms with van der Waals surface area (Å²) in [7, 11) is 0. The largest absolute Gasteiger partial charge is 0.352 e. The molecule has 2 aliphatic carbocycles. The van der Waals surface area contributed by atoms with E-state index in [9.17, 15) is 9.59 Å². The van der Waals surface area contributed by atoms with E-state index in [1.54, 1.807) is 18.2 Å². The van der Waals surface area contributed by atoms with Gasteiger partial charge in [0.25, 0.3) is 0 Å². The van der Waals surface area contributed by atoms with Crippen LogP contribution in [0.3, 0.4) is 0 Å². The first-order valence-corrected chi connectivity index (χ1v) is 8.84. The molecule has 0 radical (unpaired) electrons. The Hall–Kier alpha value is -1.26. The molecule has 1 aromatic carbocycles. The molecule has 0 heterocycles. The van der Waals surface area contributed by atoms with Crippen LogP contribution >= 0.6 is 23.2 Å². The maximum atomic E-state index is 12.6. The van der Waals surface area contributed by atoms with Gasteiger partial charge in [-0.2, -0.15) is 0 Å². The van der Waals surface area contributed by atoms with Gasteiger partial charge >= 0.3 is 0 Å². The smallest absolute Gasteiger partial charge is 0.240 e. The van der Waals surface area contributed by atoms with E-state index in [-0.39, 0.29) is 17.9 Å². The molecule has 124 valence electrons. The van der Waals surface area contributed by atoms with Gasteiger partial charge in [0.2, 0.25) is 11.8 Å². The molecule has 1 aromatic rings. The van der Waals surface area contributed by atoms with Crippen LogP contribution in [-0.2, 0) is 9.59 Å². The maximum absolute atomic E-state index is 12.6. The number of carbonyl (C=O) groups is 2. The van der Waals surface area contributed by atoms with Crippen molar-refractivity contribution in [3.63, 3.8) is 0 Å². The Labute approximate surface area is 145 Å². The number of anilines is 1. The Kier molecular flexibility index (Phi) is 4.83. The quantitative estimate of drug-likeness (QED) is 0.797. The molecule has 0 aromatic heterocycles. The van der Waals surface area contributed by atoms with E-state index in [2.05, 4.69) is 10.6 Å². The number of rotatable bonds is 4. The van der Waals surface area contributed by atoms with Gasteiger partial charge in [-0.15, -0.1) is 0 Å². The lowest BCUT2D eigenvalue weighted by Gasteiger charge is -2.25. The lowest BCUT2D eigenvalue weighted by atomic mass is 9.94. The van der Waals surface area contributed by atoms with Crippen LogP contribution in [0.1, 0.15) is 44.9 Å². The lowest BCUT2D eigenvalue weighted by Crippen LogP contribution is -2.45. The van der Waals surface area contributed by atoms with Crippen LogP contribution in [0.25, 0.3) is 0 Å². The third kappa shape index (κ3) is 3.64. The highest BCUT2D eigenvalue weighted by Crippen LogP contribution is 2.47. The van der Waals surface area contributed by atoms with Crippen LogP contribution in [0.15, 0.2) is 18.2 Å². The molecule has 6 heteroatoms. The fourth-order valence-electron chi connectivity index (χ4n) is 3.09. The predicted octanol–water partition coefficient (Wildman–Crippen LogP) is 4.16. The molecule has 0 unspecified atom stereocenters. The fraction of sp³-hybridized carbons (Fsp3) is 0.529. The van der Waals surface area contributed by atoms with Crippen molar-refractivity contribution in [1.29, 1.82) is 0 Å². The molecular formula is C17H20Cl2N2O2. The van der Waals surface area contributed by atoms with Crippen LogP contribution in [0.4, 0.5) is 5.69 Å². The predicted molar refractivity (Wildman–Crippen MR) is 91.8 cm³/mol. The molecule has 0 aliphatic heterocycles. The highest BCUT2D eigenvalue weighted by atomic mass is 35.5. The van der Waals surface area contributed by atoms with E-state index in [0.29, 0.717) is 28.6 Å². The summed E-state index contributed by atoms with van der Waals surface area (Å²) >= 11 is 11.9. The first-order valence-electron chi connectivity index (χ1n) is 8.09. The standard InChI is InChI=1S/C17H20Cl2N2O2/c18-11-6-7-14(13(19)10-11)21-16(23)17(8-9-17)15(22)20-12-4-2-1-3-5-12/h6-7,10,12H,1-5,8-9H2,(H,20,22)(H,21,23). The van der Waals surface area contributed by atoms with Gasteiger partial charge in [0.15, 0.2) is 0 Å². The topological polar surface area (TPSA) is 58.2 Å². The van der Waals surface area contributed by atoms with Crippen molar-refractivity contribution in [2.75, 3.05) is 5.32 Å². The van der Waals surface area contributed by atoms with E-state index in [4.69, 9.17) is 23.2 Å². The molecule has 0 bridgehead atoms. The number of carbonyl (C=O) groups excluding carboxylic acids is 2. The first kappa shape index (κ1) is 16.6. The van der Waals surface area contributed by atoms with Crippen molar-refractivity contribution in [2.45, 2.75) is 51.0 Å². The summed E-state index contributed by atoms with van der Waals surface area (Å²) in [4.78, 5) is 25.1. The summed E-state index contributed by atoms with van der Waals surface area (Å²) in [5.41, 5.74) is -0.446. The Balaban J connectivity index is 1.64. The molecule has 3 rings (SSSR count). The molecule has 2 N–H and O–H groups in total. The molecule has 23 heavy (non-hydrogen) atoms. The summed E-state index contributed by atoms with van der Waals surface area (Å²) in [5.74, 6) is -0.429. The van der Waals surface area contributed by atoms with Crippen LogP contribution < -0.4 is 10.6 Å². The molecule has 2 amide bonds. The fourth-order valence-corrected chi connectivity index (χ4v) is 3.54. The summed E-state index contributed by atoms with van der Waals surface area (Å²) in [6, 6.07) is 5.09. The van der Waals surface area contributed by atoms with E-state index in [1.165, 1.54) is 6.42 Å². The van der Waals surface area contributed by atoms with Gasteiger partial charge in [-0.1, -0.05) is 42.5 Å². The van der Waals surface area contributed by atoms with Gasteiger partial charge in [-0.25, -0.2) is 0 Å². The Bertz CT molecular complexity index is 623. The Morgan fingerprint density at radius 3 is 2.35 bits per heavy atom. The zero-order valence-electron chi connectivity index (χ0n) is 12.8. The zero-order valence-corrected chi connectivity index (χ0v) is 14.3. The van der Waals surface area contributed by atoms with Crippen LogP contribution in [0.2, 0.25) is 10.0 Å². The molecule has 0 atom stereocenters. The minimum Gasteiger partial charge on any atom is -0.352 e. The summed E-state index contributed by atoms with van der Waals surface area (Å²) in [5, 5.41) is 6.70. The Morgan fingerprint density at radius 1 is 1.04 bits per heavy atom. The number of halogens is 2. The second-order valence-corrected chi connectivity index (χ2v) is 7.31. The van der Waals surface area contributed by atoms with Gasteiger partial charge < -0.3 is 10.6 Å². The molecular weight excluding hydrogens is 335 g/mol. The van der Waals surface area contributed by atoms with Gasteiger partial charge in [0.1, 0.15) is 5.41 Å². The van der Waals surface area contributed by atoms with Crippen LogP contribution in [0.5, 0.6) is 0 Å². The summed E-state index contributed by atoms with van der Waals surface area (Å²) in [6.45, 7) is 0. The molecule has 0 spiro atoms. The minimum atomic E-state index is -0.930. The average molecular weight is 355 g/mol. The van der Waals surface area contributed by atoms with E-state index >= 15 is 0 Å². The van der Waals surface area contributed by atoms with E-state index in [0.717, 1.165) is 25.7 Å². The van der Waals surface area contributed by atoms with Crippen molar-refractivity contribution < 1.29 is 9.59 Å². The molecule has 2 aliphatic rings. The van der Waals surface area contributed by atoms with E-state index < -0.39 is 5.41 Å². The Morgan fingerprint density at radius 2 is 1.74 bits per heavy atom. The SMILES string of the molecule is O=C(Nc1ccc(Cl)cc1Cl)C1(C(=O)NC2CCCCC2)CC1. The molecule has 0 saturated heterocycles. The van der Waals surface area contributed by atoms with Gasteiger partial charge in [0.05, 0.1) is 10.7 Å². The third-order valence-electron chi connectivity index (χ3n) is 4.74. The third-order valence-corrected chi connectivity index (χ3v) is 5.29. The highest BCUT2D eigenvalue weighted by Gasteiger charge is 2.56. The molecule has 2 fully saturated rings. The van der Waals surface area contributed by atoms with Crippen LogP contribution in [0, 0.1) is 5.41 Å².